The molecule has 0 aliphatic carbocycles. The molecule has 1 atom stereocenters. The van der Waals surface area contributed by atoms with Gasteiger partial charge in [0.25, 0.3) is 0 Å². The first-order valence-corrected chi connectivity index (χ1v) is 12.1. The summed E-state index contributed by atoms with van der Waals surface area (Å²) in [5.74, 6) is -0.874. The second kappa shape index (κ2) is 10.9. The van der Waals surface area contributed by atoms with Crippen LogP contribution >= 0.6 is 23.2 Å². The number of rotatable bonds is 9. The van der Waals surface area contributed by atoms with Crippen LogP contribution in [-0.2, 0) is 32.7 Å². The molecule has 0 bridgehead atoms. The van der Waals surface area contributed by atoms with Crippen LogP contribution in [0.3, 0.4) is 0 Å². The molecule has 168 valence electrons. The molecule has 0 saturated heterocycles. The van der Waals surface area contributed by atoms with Crippen molar-refractivity contribution in [2.24, 2.45) is 0 Å². The van der Waals surface area contributed by atoms with Crippen LogP contribution in [0.4, 0.5) is 0 Å². The van der Waals surface area contributed by atoms with Crippen LogP contribution in [0.25, 0.3) is 0 Å². The number of carbonyl (C=O) groups excluding carboxylic acids is 2. The van der Waals surface area contributed by atoms with Crippen LogP contribution in [0.15, 0.2) is 48.5 Å². The summed E-state index contributed by atoms with van der Waals surface area (Å²) in [6.07, 6.45) is 1.02. The van der Waals surface area contributed by atoms with Gasteiger partial charge in [-0.05, 0) is 30.2 Å². The van der Waals surface area contributed by atoms with E-state index < -0.39 is 27.9 Å². The Kier molecular flexibility index (Phi) is 8.88. The molecule has 1 unspecified atom stereocenters. The van der Waals surface area contributed by atoms with E-state index in [0.29, 0.717) is 15.6 Å². The first-order chi connectivity index (χ1) is 14.5. The molecule has 0 aliphatic heterocycles. The molecular formula is C21H25Cl2N3O4S. The van der Waals surface area contributed by atoms with E-state index >= 15 is 0 Å². The highest BCUT2D eigenvalue weighted by molar-refractivity contribution is 7.88. The number of nitrogens with one attached hydrogen (secondary N) is 1. The third kappa shape index (κ3) is 7.50. The van der Waals surface area contributed by atoms with E-state index in [9.17, 15) is 18.0 Å². The molecule has 0 radical (unpaired) electrons. The average molecular weight is 486 g/mol. The number of hydrogen-bond acceptors (Lipinski definition) is 4. The molecule has 0 spiro atoms. The van der Waals surface area contributed by atoms with E-state index in [1.165, 1.54) is 11.9 Å². The highest BCUT2D eigenvalue weighted by atomic mass is 35.5. The molecule has 31 heavy (non-hydrogen) atoms. The maximum atomic E-state index is 12.9. The lowest BCUT2D eigenvalue weighted by Crippen LogP contribution is -2.50. The van der Waals surface area contributed by atoms with Gasteiger partial charge >= 0.3 is 0 Å². The number of amides is 2. The summed E-state index contributed by atoms with van der Waals surface area (Å²) in [4.78, 5) is 27.1. The predicted molar refractivity (Wildman–Crippen MR) is 122 cm³/mol. The highest BCUT2D eigenvalue weighted by Crippen LogP contribution is 2.21. The molecule has 0 heterocycles. The van der Waals surface area contributed by atoms with E-state index in [-0.39, 0.29) is 19.6 Å². The summed E-state index contributed by atoms with van der Waals surface area (Å²) in [5, 5.41) is 3.68. The SMILES string of the molecule is CC(C(=O)NCc1ccc(Cl)cc1Cl)N(Cc1ccccc1)C(=O)CN(C)S(C)(=O)=O. The summed E-state index contributed by atoms with van der Waals surface area (Å²) in [7, 11) is -2.22. The van der Waals surface area contributed by atoms with Gasteiger partial charge in [-0.25, -0.2) is 8.42 Å². The molecule has 0 aliphatic rings. The topological polar surface area (TPSA) is 86.8 Å². The van der Waals surface area contributed by atoms with Crippen LogP contribution in [0.2, 0.25) is 10.0 Å². The van der Waals surface area contributed by atoms with E-state index in [4.69, 9.17) is 23.2 Å². The lowest BCUT2D eigenvalue weighted by Gasteiger charge is -2.30. The number of nitrogens with zero attached hydrogens (tertiary/aromatic N) is 2. The third-order valence-corrected chi connectivity index (χ3v) is 6.60. The molecule has 0 aromatic heterocycles. The quantitative estimate of drug-likeness (QED) is 0.591. The van der Waals surface area contributed by atoms with E-state index in [2.05, 4.69) is 5.32 Å². The maximum absolute atomic E-state index is 12.9. The second-order valence-corrected chi connectivity index (χ2v) is 10.1. The summed E-state index contributed by atoms with van der Waals surface area (Å²) in [6.45, 7) is 1.55. The highest BCUT2D eigenvalue weighted by Gasteiger charge is 2.28. The van der Waals surface area contributed by atoms with Crippen molar-refractivity contribution in [3.8, 4) is 0 Å². The number of benzene rings is 2. The number of sulfonamides is 1. The second-order valence-electron chi connectivity index (χ2n) is 7.16. The molecular weight excluding hydrogens is 461 g/mol. The molecule has 2 aromatic carbocycles. The van der Waals surface area contributed by atoms with Crippen molar-refractivity contribution >= 4 is 45.0 Å². The van der Waals surface area contributed by atoms with Gasteiger partial charge in [-0.2, -0.15) is 4.31 Å². The van der Waals surface area contributed by atoms with Crippen molar-refractivity contribution in [2.45, 2.75) is 26.1 Å². The van der Waals surface area contributed by atoms with Gasteiger partial charge in [0.1, 0.15) is 6.04 Å². The summed E-state index contributed by atoms with van der Waals surface area (Å²) >= 11 is 12.0. The molecule has 10 heteroatoms. The van der Waals surface area contributed by atoms with Gasteiger partial charge in [0.15, 0.2) is 0 Å². The summed E-state index contributed by atoms with van der Waals surface area (Å²) < 4.78 is 24.4. The molecule has 7 nitrogen and oxygen atoms in total. The third-order valence-electron chi connectivity index (χ3n) is 4.76. The van der Waals surface area contributed by atoms with Gasteiger partial charge in [-0.1, -0.05) is 59.6 Å². The van der Waals surface area contributed by atoms with Crippen LogP contribution in [0.5, 0.6) is 0 Å². The number of carbonyl (C=O) groups is 2. The van der Waals surface area contributed by atoms with Crippen molar-refractivity contribution in [1.29, 1.82) is 0 Å². The van der Waals surface area contributed by atoms with Gasteiger partial charge in [-0.15, -0.1) is 0 Å². The zero-order valence-corrected chi connectivity index (χ0v) is 19.8. The first kappa shape index (κ1) is 25.1. The molecule has 2 aromatic rings. The molecule has 2 amide bonds. The fourth-order valence-corrected chi connectivity index (χ4v) is 3.58. The number of halogens is 2. The molecule has 2 rings (SSSR count). The lowest BCUT2D eigenvalue weighted by atomic mass is 10.1. The van der Waals surface area contributed by atoms with Crippen molar-refractivity contribution in [3.05, 3.63) is 69.7 Å². The zero-order valence-electron chi connectivity index (χ0n) is 17.5. The van der Waals surface area contributed by atoms with Crippen LogP contribution < -0.4 is 5.32 Å². The Bertz CT molecular complexity index is 1030. The Morgan fingerprint density at radius 1 is 1.10 bits per heavy atom. The fourth-order valence-electron chi connectivity index (χ4n) is 2.76. The smallest absolute Gasteiger partial charge is 0.242 e. The van der Waals surface area contributed by atoms with Gasteiger partial charge in [0.05, 0.1) is 12.8 Å². The van der Waals surface area contributed by atoms with Crippen molar-refractivity contribution in [1.82, 2.24) is 14.5 Å². The minimum atomic E-state index is -3.54. The van der Waals surface area contributed by atoms with Gasteiger partial charge in [-0.3, -0.25) is 9.59 Å². The van der Waals surface area contributed by atoms with Crippen LogP contribution in [0, 0.1) is 0 Å². The Balaban J connectivity index is 2.16. The number of likely N-dealkylation sites (N-methyl/N-ethyl adjacent to an activating group) is 1. The Morgan fingerprint density at radius 3 is 2.32 bits per heavy atom. The van der Waals surface area contributed by atoms with Gasteiger partial charge in [0.2, 0.25) is 21.8 Å². The largest absolute Gasteiger partial charge is 0.350 e. The summed E-state index contributed by atoms with van der Waals surface area (Å²) in [6, 6.07) is 13.3. The van der Waals surface area contributed by atoms with Gasteiger partial charge in [0, 0.05) is 30.2 Å². The van der Waals surface area contributed by atoms with Crippen molar-refractivity contribution in [3.63, 3.8) is 0 Å². The minimum absolute atomic E-state index is 0.160. The molecule has 0 fully saturated rings. The molecule has 0 saturated carbocycles. The van der Waals surface area contributed by atoms with Crippen LogP contribution in [-0.4, -0.2) is 55.3 Å². The van der Waals surface area contributed by atoms with E-state index in [1.54, 1.807) is 25.1 Å². The zero-order chi connectivity index (χ0) is 23.2. The van der Waals surface area contributed by atoms with Crippen molar-refractivity contribution in [2.75, 3.05) is 19.8 Å². The fraction of sp³-hybridized carbons (Fsp3) is 0.333. The van der Waals surface area contributed by atoms with E-state index in [1.807, 2.05) is 30.3 Å². The average Bonchev–Trinajstić information content (AvgIpc) is 2.70. The lowest BCUT2D eigenvalue weighted by molar-refractivity contribution is -0.140. The normalized spacial score (nSPS) is 12.5. The first-order valence-electron chi connectivity index (χ1n) is 9.45. The maximum Gasteiger partial charge on any atom is 0.242 e. The van der Waals surface area contributed by atoms with Gasteiger partial charge < -0.3 is 10.2 Å². The molecule has 1 N–H and O–H groups in total. The van der Waals surface area contributed by atoms with E-state index in [0.717, 1.165) is 16.1 Å². The Morgan fingerprint density at radius 2 is 1.74 bits per heavy atom. The van der Waals surface area contributed by atoms with Crippen molar-refractivity contribution < 1.29 is 18.0 Å². The predicted octanol–water partition coefficient (Wildman–Crippen LogP) is 2.92. The van der Waals surface area contributed by atoms with Crippen LogP contribution in [0.1, 0.15) is 18.1 Å². The Labute approximate surface area is 193 Å². The monoisotopic (exact) mass is 485 g/mol. The standard InChI is InChI=1S/C21H25Cl2N3O4S/c1-15(21(28)24-12-17-9-10-18(22)11-19(17)23)26(13-16-7-5-4-6-8-16)20(27)14-25(2)31(3,29)30/h4-11,15H,12-14H2,1-3H3,(H,24,28). The number of hydrogen-bond donors (Lipinski definition) is 1. The minimum Gasteiger partial charge on any atom is -0.350 e. The Hall–Kier alpha value is -2.13. The summed E-state index contributed by atoms with van der Waals surface area (Å²) in [5.41, 5.74) is 1.50.